The summed E-state index contributed by atoms with van der Waals surface area (Å²) in [6.07, 6.45) is 0. The molecule has 0 aliphatic heterocycles. The highest BCUT2D eigenvalue weighted by atomic mass is 35.5. The van der Waals surface area contributed by atoms with Gasteiger partial charge in [-0.2, -0.15) is 5.10 Å². The molecule has 0 bridgehead atoms. The van der Waals surface area contributed by atoms with Gasteiger partial charge < -0.3 is 5.32 Å². The number of anilines is 1. The molecule has 4 rings (SSSR count). The molecule has 9 heteroatoms. The Labute approximate surface area is 200 Å². The molecule has 0 saturated heterocycles. The fourth-order valence-corrected chi connectivity index (χ4v) is 4.51. The molecule has 1 amide bonds. The molecular weight excluding hydrogens is 458 g/mol. The second-order valence-electron chi connectivity index (χ2n) is 7.68. The van der Waals surface area contributed by atoms with Crippen molar-refractivity contribution >= 4 is 46.0 Å². The molecule has 0 atom stereocenters. The maximum absolute atomic E-state index is 13.5. The number of benzene rings is 2. The molecule has 0 aliphatic rings. The van der Waals surface area contributed by atoms with Crippen LogP contribution in [-0.2, 0) is 17.9 Å². The van der Waals surface area contributed by atoms with Gasteiger partial charge in [0.2, 0.25) is 5.91 Å². The first kappa shape index (κ1) is 23.1. The number of rotatable bonds is 7. The number of carbonyl (C=O) groups excluding carboxylic acids is 1. The monoisotopic (exact) mass is 481 g/mol. The second-order valence-corrected chi connectivity index (χ2v) is 9.03. The normalized spacial score (nSPS) is 11.2. The first-order valence-electron chi connectivity index (χ1n) is 10.6. The number of halogens is 1. The highest BCUT2D eigenvalue weighted by Crippen LogP contribution is 2.23. The number of nitrogens with zero attached hydrogens (tertiary/aromatic N) is 4. The Balaban J connectivity index is 1.68. The number of carbonyl (C=O) groups is 1. The molecule has 33 heavy (non-hydrogen) atoms. The van der Waals surface area contributed by atoms with Crippen molar-refractivity contribution in [2.75, 3.05) is 11.1 Å². The van der Waals surface area contributed by atoms with Crippen LogP contribution >= 0.6 is 23.4 Å². The Morgan fingerprint density at radius 2 is 1.85 bits per heavy atom. The third kappa shape index (κ3) is 4.96. The molecule has 0 saturated carbocycles. The van der Waals surface area contributed by atoms with Crippen molar-refractivity contribution < 1.29 is 4.79 Å². The van der Waals surface area contributed by atoms with Gasteiger partial charge >= 0.3 is 0 Å². The van der Waals surface area contributed by atoms with Crippen molar-refractivity contribution in [3.8, 4) is 0 Å². The summed E-state index contributed by atoms with van der Waals surface area (Å²) >= 11 is 7.58. The van der Waals surface area contributed by atoms with E-state index in [9.17, 15) is 9.59 Å². The molecule has 170 valence electrons. The van der Waals surface area contributed by atoms with E-state index in [-0.39, 0.29) is 23.8 Å². The molecule has 7 nitrogen and oxygen atoms in total. The molecular formula is C24H24ClN5O2S. The summed E-state index contributed by atoms with van der Waals surface area (Å²) in [5.74, 6) is -0.0709. The van der Waals surface area contributed by atoms with Crippen LogP contribution in [0.1, 0.15) is 23.7 Å². The quantitative estimate of drug-likeness (QED) is 0.306. The van der Waals surface area contributed by atoms with Gasteiger partial charge in [0.15, 0.2) is 10.7 Å². The first-order chi connectivity index (χ1) is 15.9. The van der Waals surface area contributed by atoms with Crippen LogP contribution in [0, 0.1) is 13.8 Å². The van der Waals surface area contributed by atoms with E-state index in [0.29, 0.717) is 33.5 Å². The summed E-state index contributed by atoms with van der Waals surface area (Å²) in [6, 6.07) is 15.0. The summed E-state index contributed by atoms with van der Waals surface area (Å²) in [6.45, 7) is 6.56. The van der Waals surface area contributed by atoms with E-state index in [1.165, 1.54) is 11.8 Å². The van der Waals surface area contributed by atoms with E-state index in [0.717, 1.165) is 16.8 Å². The second kappa shape index (κ2) is 9.80. The summed E-state index contributed by atoms with van der Waals surface area (Å²) in [4.78, 5) is 30.8. The summed E-state index contributed by atoms with van der Waals surface area (Å²) in [7, 11) is 0. The van der Waals surface area contributed by atoms with Crippen LogP contribution in [-0.4, -0.2) is 31.0 Å². The number of hydrogen-bond acceptors (Lipinski definition) is 5. The number of hydrogen-bond donors (Lipinski definition) is 1. The summed E-state index contributed by atoms with van der Waals surface area (Å²) in [5, 5.41) is 8.36. The van der Waals surface area contributed by atoms with E-state index in [4.69, 9.17) is 16.6 Å². The lowest BCUT2D eigenvalue weighted by Crippen LogP contribution is -2.26. The van der Waals surface area contributed by atoms with Gasteiger partial charge in [-0.15, -0.1) is 0 Å². The number of amides is 1. The van der Waals surface area contributed by atoms with E-state index in [1.807, 2.05) is 63.2 Å². The molecule has 0 spiro atoms. The Morgan fingerprint density at radius 3 is 2.55 bits per heavy atom. The van der Waals surface area contributed by atoms with Crippen molar-refractivity contribution in [3.05, 3.63) is 80.7 Å². The maximum atomic E-state index is 13.5. The highest BCUT2D eigenvalue weighted by molar-refractivity contribution is 7.99. The Bertz CT molecular complexity index is 1380. The van der Waals surface area contributed by atoms with Crippen molar-refractivity contribution in [2.45, 2.75) is 39.0 Å². The van der Waals surface area contributed by atoms with Gasteiger partial charge in [0.05, 0.1) is 18.0 Å². The number of nitrogens with one attached hydrogen (secondary N) is 1. The SMILES string of the molecule is CCn1nc(C)c2nc(SCC(=O)Nc3ccc(C)cc3)n(Cc3ccccc3Cl)c(=O)c21. The predicted octanol–water partition coefficient (Wildman–Crippen LogP) is 4.66. The Hall–Kier alpha value is -3.10. The van der Waals surface area contributed by atoms with Crippen LogP contribution in [0.2, 0.25) is 5.02 Å². The van der Waals surface area contributed by atoms with Gasteiger partial charge in [0.25, 0.3) is 5.56 Å². The molecule has 0 unspecified atom stereocenters. The van der Waals surface area contributed by atoms with Crippen LogP contribution in [0.25, 0.3) is 11.0 Å². The minimum absolute atomic E-state index is 0.106. The lowest BCUT2D eigenvalue weighted by atomic mass is 10.2. The summed E-state index contributed by atoms with van der Waals surface area (Å²) in [5.41, 5.74) is 4.13. The largest absolute Gasteiger partial charge is 0.325 e. The minimum Gasteiger partial charge on any atom is -0.325 e. The van der Waals surface area contributed by atoms with Crippen molar-refractivity contribution in [1.29, 1.82) is 0 Å². The average Bonchev–Trinajstić information content (AvgIpc) is 3.13. The number of aryl methyl sites for hydroxylation is 3. The third-order valence-corrected chi connectivity index (χ3v) is 6.58. The highest BCUT2D eigenvalue weighted by Gasteiger charge is 2.19. The van der Waals surface area contributed by atoms with E-state index in [2.05, 4.69) is 10.4 Å². The zero-order valence-electron chi connectivity index (χ0n) is 18.6. The average molecular weight is 482 g/mol. The smallest absolute Gasteiger partial charge is 0.280 e. The lowest BCUT2D eigenvalue weighted by Gasteiger charge is -2.13. The molecule has 0 aliphatic carbocycles. The van der Waals surface area contributed by atoms with Gasteiger partial charge in [-0.25, -0.2) is 4.98 Å². The van der Waals surface area contributed by atoms with Gasteiger partial charge in [0.1, 0.15) is 5.52 Å². The van der Waals surface area contributed by atoms with E-state index >= 15 is 0 Å². The molecule has 2 aromatic heterocycles. The Kier molecular flexibility index (Phi) is 6.85. The van der Waals surface area contributed by atoms with Crippen LogP contribution in [0.15, 0.2) is 58.5 Å². The van der Waals surface area contributed by atoms with Crippen LogP contribution < -0.4 is 10.9 Å². The van der Waals surface area contributed by atoms with Crippen LogP contribution in [0.5, 0.6) is 0 Å². The van der Waals surface area contributed by atoms with Crippen molar-refractivity contribution in [1.82, 2.24) is 19.3 Å². The molecule has 1 N–H and O–H groups in total. The zero-order chi connectivity index (χ0) is 23.5. The Morgan fingerprint density at radius 1 is 1.12 bits per heavy atom. The molecule has 0 radical (unpaired) electrons. The first-order valence-corrected chi connectivity index (χ1v) is 11.9. The molecule has 4 aromatic rings. The molecule has 2 heterocycles. The number of thioether (sulfide) groups is 1. The lowest BCUT2D eigenvalue weighted by molar-refractivity contribution is -0.113. The molecule has 0 fully saturated rings. The van der Waals surface area contributed by atoms with Gasteiger partial charge in [-0.05, 0) is 44.5 Å². The number of aromatic nitrogens is 4. The summed E-state index contributed by atoms with van der Waals surface area (Å²) < 4.78 is 3.24. The van der Waals surface area contributed by atoms with E-state index in [1.54, 1.807) is 15.3 Å². The van der Waals surface area contributed by atoms with Gasteiger partial charge in [-0.3, -0.25) is 18.8 Å². The predicted molar refractivity (Wildman–Crippen MR) is 133 cm³/mol. The van der Waals surface area contributed by atoms with Gasteiger partial charge in [0, 0.05) is 17.3 Å². The third-order valence-electron chi connectivity index (χ3n) is 5.24. The number of fused-ring (bicyclic) bond motifs is 1. The topological polar surface area (TPSA) is 81.8 Å². The van der Waals surface area contributed by atoms with Crippen LogP contribution in [0.3, 0.4) is 0 Å². The molecule has 2 aromatic carbocycles. The minimum atomic E-state index is -0.205. The maximum Gasteiger partial charge on any atom is 0.280 e. The van der Waals surface area contributed by atoms with Crippen molar-refractivity contribution in [2.24, 2.45) is 0 Å². The standard InChI is InChI=1S/C24H24ClN5O2S/c1-4-30-22-21(16(3)28-30)27-24(29(23(22)32)13-17-7-5-6-8-19(17)25)33-14-20(31)26-18-11-9-15(2)10-12-18/h5-12H,4,13-14H2,1-3H3,(H,26,31). The van der Waals surface area contributed by atoms with Gasteiger partial charge in [-0.1, -0.05) is 59.3 Å². The fraction of sp³-hybridized carbons (Fsp3) is 0.250. The van der Waals surface area contributed by atoms with Crippen LogP contribution in [0.4, 0.5) is 5.69 Å². The van der Waals surface area contributed by atoms with Crippen molar-refractivity contribution in [3.63, 3.8) is 0 Å². The van der Waals surface area contributed by atoms with E-state index < -0.39 is 0 Å². The fourth-order valence-electron chi connectivity index (χ4n) is 3.53. The zero-order valence-corrected chi connectivity index (χ0v) is 20.2.